The maximum atomic E-state index is 11.6. The fraction of sp³-hybridized carbons (Fsp3) is 0.933. The van der Waals surface area contributed by atoms with Gasteiger partial charge < -0.3 is 4.74 Å². The second-order valence-electron chi connectivity index (χ2n) is 6.02. The molecule has 2 rings (SSSR count). The summed E-state index contributed by atoms with van der Waals surface area (Å²) in [4.78, 5) is 11.6. The third-order valence-corrected chi connectivity index (χ3v) is 4.67. The van der Waals surface area contributed by atoms with Crippen molar-refractivity contribution in [3.8, 4) is 0 Å². The van der Waals surface area contributed by atoms with Gasteiger partial charge in [-0.05, 0) is 37.5 Å². The van der Waals surface area contributed by atoms with Crippen LogP contribution in [0.25, 0.3) is 0 Å². The van der Waals surface area contributed by atoms with Gasteiger partial charge in [0.05, 0.1) is 5.92 Å². The normalized spacial score (nSPS) is 38.8. The molecule has 2 nitrogen and oxygen atoms in total. The molecule has 1 aliphatic carbocycles. The summed E-state index contributed by atoms with van der Waals surface area (Å²) < 4.78 is 5.59. The van der Waals surface area contributed by atoms with E-state index in [1.807, 2.05) is 6.92 Å². The maximum absolute atomic E-state index is 11.6. The van der Waals surface area contributed by atoms with Crippen molar-refractivity contribution in [2.45, 2.75) is 71.3 Å². The summed E-state index contributed by atoms with van der Waals surface area (Å²) in [6.07, 6.45) is 10.3. The molecule has 0 aromatic rings. The summed E-state index contributed by atoms with van der Waals surface area (Å²) in [6.45, 7) is 4.26. The molecule has 2 heteroatoms. The molecule has 1 aliphatic heterocycles. The average molecular weight is 238 g/mol. The van der Waals surface area contributed by atoms with Gasteiger partial charge in [-0.3, -0.25) is 4.79 Å². The summed E-state index contributed by atoms with van der Waals surface area (Å²) in [7, 11) is 0. The van der Waals surface area contributed by atoms with Crippen LogP contribution in [0.15, 0.2) is 0 Å². The topological polar surface area (TPSA) is 26.3 Å². The fourth-order valence-electron chi connectivity index (χ4n) is 3.45. The fourth-order valence-corrected chi connectivity index (χ4v) is 3.45. The zero-order valence-corrected chi connectivity index (χ0v) is 11.3. The second-order valence-corrected chi connectivity index (χ2v) is 6.02. The Balaban J connectivity index is 1.79. The van der Waals surface area contributed by atoms with Crippen LogP contribution in [0.1, 0.15) is 65.2 Å². The number of rotatable bonds is 3. The molecular weight excluding hydrogens is 212 g/mol. The molecule has 0 aromatic carbocycles. The quantitative estimate of drug-likeness (QED) is 0.696. The first-order valence-corrected chi connectivity index (χ1v) is 7.41. The minimum absolute atomic E-state index is 0.0388. The minimum Gasteiger partial charge on any atom is -0.462 e. The third-order valence-electron chi connectivity index (χ3n) is 4.67. The van der Waals surface area contributed by atoms with E-state index in [0.29, 0.717) is 5.92 Å². The molecule has 2 atom stereocenters. The molecule has 98 valence electrons. The third kappa shape index (κ3) is 3.23. The highest BCUT2D eigenvalue weighted by Gasteiger charge is 2.34. The van der Waals surface area contributed by atoms with Crippen LogP contribution in [0.5, 0.6) is 0 Å². The lowest BCUT2D eigenvalue weighted by atomic mass is 9.76. The first-order valence-electron chi connectivity index (χ1n) is 7.41. The maximum Gasteiger partial charge on any atom is 0.308 e. The Labute approximate surface area is 105 Å². The SMILES string of the molecule is CCCC1CCC(C2CCC(C)C(=O)O2)CC1. The summed E-state index contributed by atoms with van der Waals surface area (Å²) >= 11 is 0. The van der Waals surface area contributed by atoms with E-state index in [-0.39, 0.29) is 18.0 Å². The molecule has 0 amide bonds. The Hall–Kier alpha value is -0.530. The van der Waals surface area contributed by atoms with E-state index in [1.54, 1.807) is 0 Å². The van der Waals surface area contributed by atoms with Gasteiger partial charge in [-0.2, -0.15) is 0 Å². The van der Waals surface area contributed by atoms with Gasteiger partial charge in [0.2, 0.25) is 0 Å². The van der Waals surface area contributed by atoms with Gasteiger partial charge in [-0.25, -0.2) is 0 Å². The number of hydrogen-bond donors (Lipinski definition) is 0. The van der Waals surface area contributed by atoms with Crippen LogP contribution in [0.4, 0.5) is 0 Å². The number of carbonyl (C=O) groups excluding carboxylic acids is 1. The van der Waals surface area contributed by atoms with Gasteiger partial charge >= 0.3 is 5.97 Å². The summed E-state index contributed by atoms with van der Waals surface area (Å²) in [6, 6.07) is 0. The largest absolute Gasteiger partial charge is 0.462 e. The highest BCUT2D eigenvalue weighted by molar-refractivity contribution is 5.72. The number of carbonyl (C=O) groups is 1. The summed E-state index contributed by atoms with van der Waals surface area (Å²) in [5.74, 6) is 1.76. The van der Waals surface area contributed by atoms with Crippen molar-refractivity contribution in [1.29, 1.82) is 0 Å². The average Bonchev–Trinajstić information content (AvgIpc) is 2.34. The van der Waals surface area contributed by atoms with Crippen LogP contribution < -0.4 is 0 Å². The molecule has 17 heavy (non-hydrogen) atoms. The van der Waals surface area contributed by atoms with Crippen LogP contribution >= 0.6 is 0 Å². The van der Waals surface area contributed by atoms with Crippen LogP contribution in [-0.2, 0) is 9.53 Å². The van der Waals surface area contributed by atoms with E-state index in [9.17, 15) is 4.79 Å². The number of esters is 1. The number of ether oxygens (including phenoxy) is 1. The van der Waals surface area contributed by atoms with Crippen LogP contribution in [0, 0.1) is 17.8 Å². The standard InChI is InChI=1S/C15H26O2/c1-3-4-12-6-8-13(9-7-12)14-10-5-11(2)15(16)17-14/h11-14H,3-10H2,1-2H3. The van der Waals surface area contributed by atoms with E-state index < -0.39 is 0 Å². The zero-order chi connectivity index (χ0) is 12.3. The van der Waals surface area contributed by atoms with Crippen LogP contribution in [0.3, 0.4) is 0 Å². The molecule has 2 unspecified atom stereocenters. The minimum atomic E-state index is 0.0388. The lowest BCUT2D eigenvalue weighted by molar-refractivity contribution is -0.164. The zero-order valence-electron chi connectivity index (χ0n) is 11.3. The van der Waals surface area contributed by atoms with Gasteiger partial charge in [0.25, 0.3) is 0 Å². The summed E-state index contributed by atoms with van der Waals surface area (Å²) in [5.41, 5.74) is 0. The van der Waals surface area contributed by atoms with E-state index in [4.69, 9.17) is 4.74 Å². The van der Waals surface area contributed by atoms with Gasteiger partial charge in [-0.1, -0.05) is 39.5 Å². The van der Waals surface area contributed by atoms with Crippen LogP contribution in [0.2, 0.25) is 0 Å². The van der Waals surface area contributed by atoms with Crippen molar-refractivity contribution < 1.29 is 9.53 Å². The van der Waals surface area contributed by atoms with Crippen molar-refractivity contribution >= 4 is 5.97 Å². The molecular formula is C15H26O2. The first kappa shape index (κ1) is 12.9. The molecule has 1 heterocycles. The smallest absolute Gasteiger partial charge is 0.308 e. The monoisotopic (exact) mass is 238 g/mol. The molecule has 0 spiro atoms. The summed E-state index contributed by atoms with van der Waals surface area (Å²) in [5, 5.41) is 0. The van der Waals surface area contributed by atoms with Crippen molar-refractivity contribution in [1.82, 2.24) is 0 Å². The predicted octanol–water partition coefficient (Wildman–Crippen LogP) is 3.93. The van der Waals surface area contributed by atoms with Crippen molar-refractivity contribution in [3.63, 3.8) is 0 Å². The van der Waals surface area contributed by atoms with Gasteiger partial charge in [0.1, 0.15) is 6.10 Å². The lowest BCUT2D eigenvalue weighted by Gasteiger charge is -2.36. The molecule has 2 fully saturated rings. The first-order chi connectivity index (χ1) is 8.20. The van der Waals surface area contributed by atoms with Crippen molar-refractivity contribution in [3.05, 3.63) is 0 Å². The second kappa shape index (κ2) is 5.88. The predicted molar refractivity (Wildman–Crippen MR) is 68.6 cm³/mol. The Bertz CT molecular complexity index is 254. The molecule has 0 bridgehead atoms. The van der Waals surface area contributed by atoms with Crippen molar-refractivity contribution in [2.75, 3.05) is 0 Å². The Morgan fingerprint density at radius 3 is 2.41 bits per heavy atom. The number of hydrogen-bond acceptors (Lipinski definition) is 2. The highest BCUT2D eigenvalue weighted by atomic mass is 16.5. The van der Waals surface area contributed by atoms with E-state index in [0.717, 1.165) is 18.8 Å². The molecule has 0 aromatic heterocycles. The van der Waals surface area contributed by atoms with Crippen molar-refractivity contribution in [2.24, 2.45) is 17.8 Å². The molecule has 0 N–H and O–H groups in total. The van der Waals surface area contributed by atoms with Gasteiger partial charge in [-0.15, -0.1) is 0 Å². The Morgan fingerprint density at radius 2 is 1.82 bits per heavy atom. The molecule has 1 saturated heterocycles. The van der Waals surface area contributed by atoms with E-state index in [2.05, 4.69) is 6.92 Å². The van der Waals surface area contributed by atoms with Gasteiger partial charge in [0, 0.05) is 0 Å². The van der Waals surface area contributed by atoms with Crippen LogP contribution in [-0.4, -0.2) is 12.1 Å². The van der Waals surface area contributed by atoms with E-state index >= 15 is 0 Å². The van der Waals surface area contributed by atoms with E-state index in [1.165, 1.54) is 38.5 Å². The Kier molecular flexibility index (Phi) is 4.47. The molecule has 1 saturated carbocycles. The molecule has 2 aliphatic rings. The Morgan fingerprint density at radius 1 is 1.12 bits per heavy atom. The van der Waals surface area contributed by atoms with Gasteiger partial charge in [0.15, 0.2) is 0 Å². The number of cyclic esters (lactones) is 1. The lowest BCUT2D eigenvalue weighted by Crippen LogP contribution is -2.36. The highest BCUT2D eigenvalue weighted by Crippen LogP contribution is 2.37. The molecule has 0 radical (unpaired) electrons.